The summed E-state index contributed by atoms with van der Waals surface area (Å²) in [6.45, 7) is 11.1. The molecule has 5 N–H and O–H groups in total. The number of rotatable bonds is 12. The van der Waals surface area contributed by atoms with E-state index in [1.807, 2.05) is 40.0 Å². The van der Waals surface area contributed by atoms with Gasteiger partial charge in [-0.1, -0.05) is 25.4 Å². The fourth-order valence-electron chi connectivity index (χ4n) is 4.30. The molecule has 1 unspecified atom stereocenters. The van der Waals surface area contributed by atoms with Crippen molar-refractivity contribution in [2.24, 2.45) is 11.7 Å². The number of nitrogens with one attached hydrogen (secondary N) is 3. The van der Waals surface area contributed by atoms with E-state index in [2.05, 4.69) is 39.8 Å². The molecule has 38 heavy (non-hydrogen) atoms. The van der Waals surface area contributed by atoms with Gasteiger partial charge in [-0.15, -0.1) is 0 Å². The first-order valence-electron chi connectivity index (χ1n) is 12.7. The van der Waals surface area contributed by atoms with Crippen LogP contribution in [0, 0.1) is 12.8 Å². The summed E-state index contributed by atoms with van der Waals surface area (Å²) in [6.07, 6.45) is 5.29. The zero-order chi connectivity index (χ0) is 28.2. The van der Waals surface area contributed by atoms with Gasteiger partial charge in [-0.05, 0) is 56.4 Å². The van der Waals surface area contributed by atoms with Gasteiger partial charge in [0, 0.05) is 44.0 Å². The fourth-order valence-corrected chi connectivity index (χ4v) is 5.34. The van der Waals surface area contributed by atoms with E-state index in [-0.39, 0.29) is 18.1 Å². The van der Waals surface area contributed by atoms with E-state index in [9.17, 15) is 8.42 Å². The summed E-state index contributed by atoms with van der Waals surface area (Å²) in [6, 6.07) is 3.73. The number of nitrogens with two attached hydrogens (primary N) is 1. The lowest BCUT2D eigenvalue weighted by atomic mass is 9.89. The molecule has 1 atom stereocenters. The van der Waals surface area contributed by atoms with Crippen molar-refractivity contribution in [3.8, 4) is 5.75 Å². The summed E-state index contributed by atoms with van der Waals surface area (Å²) in [5.74, 6) is 1.94. The SMILES string of the molecule is CN/C=C(/Nc1nc(Nc2cc(C)c(C3CN(S(C)(=O)=O)C3)cc2OC(C)C)ncc1Cl)C(N)CC(C)C. The number of benzene rings is 1. The molecule has 12 heteroatoms. The smallest absolute Gasteiger partial charge is 0.229 e. The zero-order valence-corrected chi connectivity index (χ0v) is 24.7. The number of ether oxygens (including phenoxy) is 1. The van der Waals surface area contributed by atoms with Gasteiger partial charge in [-0.3, -0.25) is 0 Å². The van der Waals surface area contributed by atoms with Crippen molar-refractivity contribution in [1.82, 2.24) is 19.6 Å². The first-order chi connectivity index (χ1) is 17.8. The molecule has 0 radical (unpaired) electrons. The van der Waals surface area contributed by atoms with E-state index in [1.54, 1.807) is 6.20 Å². The maximum atomic E-state index is 11.8. The van der Waals surface area contributed by atoms with Crippen LogP contribution in [0.4, 0.5) is 17.5 Å². The Kier molecular flexibility index (Phi) is 9.85. The predicted octanol–water partition coefficient (Wildman–Crippen LogP) is 4.17. The van der Waals surface area contributed by atoms with Crippen molar-refractivity contribution in [2.45, 2.75) is 59.1 Å². The van der Waals surface area contributed by atoms with E-state index < -0.39 is 10.0 Å². The number of halogens is 1. The van der Waals surface area contributed by atoms with Crippen molar-refractivity contribution in [1.29, 1.82) is 0 Å². The third kappa shape index (κ3) is 7.72. The van der Waals surface area contributed by atoms with Crippen LogP contribution >= 0.6 is 11.6 Å². The molecule has 0 amide bonds. The van der Waals surface area contributed by atoms with Crippen LogP contribution in [0.3, 0.4) is 0 Å². The summed E-state index contributed by atoms with van der Waals surface area (Å²) >= 11 is 6.43. The fraction of sp³-hybridized carbons (Fsp3) is 0.538. The van der Waals surface area contributed by atoms with Crippen LogP contribution in [0.5, 0.6) is 5.75 Å². The van der Waals surface area contributed by atoms with Gasteiger partial charge in [0.1, 0.15) is 10.8 Å². The Morgan fingerprint density at radius 1 is 1.29 bits per heavy atom. The van der Waals surface area contributed by atoms with Crippen molar-refractivity contribution in [2.75, 3.05) is 37.0 Å². The van der Waals surface area contributed by atoms with Gasteiger partial charge in [0.05, 0.1) is 24.2 Å². The molecule has 1 aromatic carbocycles. The van der Waals surface area contributed by atoms with Crippen molar-refractivity contribution in [3.63, 3.8) is 0 Å². The molecule has 1 aliphatic heterocycles. The molecular weight excluding hydrogens is 526 g/mol. The maximum Gasteiger partial charge on any atom is 0.229 e. The Balaban J connectivity index is 1.88. The summed E-state index contributed by atoms with van der Waals surface area (Å²) in [7, 11) is -1.38. The first kappa shape index (κ1) is 29.9. The van der Waals surface area contributed by atoms with Crippen LogP contribution in [0.25, 0.3) is 0 Å². The lowest BCUT2D eigenvalue weighted by molar-refractivity contribution is 0.241. The Morgan fingerprint density at radius 2 is 1.97 bits per heavy atom. The van der Waals surface area contributed by atoms with Gasteiger partial charge < -0.3 is 26.4 Å². The second kappa shape index (κ2) is 12.5. The zero-order valence-electron chi connectivity index (χ0n) is 23.2. The van der Waals surface area contributed by atoms with E-state index in [1.165, 1.54) is 16.8 Å². The highest BCUT2D eigenvalue weighted by molar-refractivity contribution is 7.88. The molecule has 1 saturated heterocycles. The van der Waals surface area contributed by atoms with Gasteiger partial charge in [-0.2, -0.15) is 4.98 Å². The standard InChI is InChI=1S/C26H40ClN7O3S/c1-15(2)8-21(28)23(12-29-6)31-25-20(27)11-30-26(33-25)32-22-9-17(5)19(10-24(22)37-16(3)4)18-13-34(14-18)38(7,35)36/h9-12,15-16,18,21,29H,8,13-14,28H2,1-7H3,(H2,30,31,32,33)/b23-12+. The number of nitrogens with zero attached hydrogens (tertiary/aromatic N) is 3. The number of hydrogen-bond donors (Lipinski definition) is 4. The van der Waals surface area contributed by atoms with Crippen LogP contribution in [0.15, 0.2) is 30.2 Å². The summed E-state index contributed by atoms with van der Waals surface area (Å²) in [5, 5.41) is 9.91. The topological polar surface area (TPSA) is 135 Å². The Morgan fingerprint density at radius 3 is 2.55 bits per heavy atom. The molecular formula is C26H40ClN7O3S. The molecule has 3 rings (SSSR count). The lowest BCUT2D eigenvalue weighted by Gasteiger charge is -2.38. The van der Waals surface area contributed by atoms with Crippen LogP contribution in [-0.2, 0) is 10.0 Å². The second-order valence-electron chi connectivity index (χ2n) is 10.4. The highest BCUT2D eigenvalue weighted by Crippen LogP contribution is 2.38. The Hall–Kier alpha value is -2.60. The van der Waals surface area contributed by atoms with Crippen molar-refractivity contribution >= 4 is 39.1 Å². The molecule has 0 spiro atoms. The normalized spacial score (nSPS) is 15.9. The van der Waals surface area contributed by atoms with E-state index in [0.29, 0.717) is 47.2 Å². The number of aromatic nitrogens is 2. The molecule has 0 bridgehead atoms. The van der Waals surface area contributed by atoms with Crippen LogP contribution in [0.1, 0.15) is 51.2 Å². The average Bonchev–Trinajstić information content (AvgIpc) is 2.75. The number of hydrogen-bond acceptors (Lipinski definition) is 9. The van der Waals surface area contributed by atoms with Crippen LogP contribution in [-0.4, -0.2) is 61.2 Å². The molecule has 1 fully saturated rings. The third-order valence-corrected chi connectivity index (χ3v) is 7.68. The second-order valence-corrected chi connectivity index (χ2v) is 12.8. The van der Waals surface area contributed by atoms with Gasteiger partial charge in [0.2, 0.25) is 16.0 Å². The first-order valence-corrected chi connectivity index (χ1v) is 15.0. The number of anilines is 3. The van der Waals surface area contributed by atoms with Gasteiger partial charge in [0.25, 0.3) is 0 Å². The van der Waals surface area contributed by atoms with Gasteiger partial charge in [-0.25, -0.2) is 17.7 Å². The van der Waals surface area contributed by atoms with E-state index >= 15 is 0 Å². The van der Waals surface area contributed by atoms with Crippen molar-refractivity contribution < 1.29 is 13.2 Å². The van der Waals surface area contributed by atoms with Crippen molar-refractivity contribution in [3.05, 3.63) is 46.4 Å². The summed E-state index contributed by atoms with van der Waals surface area (Å²) < 4.78 is 31.3. The summed E-state index contributed by atoms with van der Waals surface area (Å²) in [4.78, 5) is 8.97. The minimum atomic E-state index is -3.19. The molecule has 0 aliphatic carbocycles. The number of aryl methyl sites for hydroxylation is 1. The molecule has 2 heterocycles. The largest absolute Gasteiger partial charge is 0.489 e. The molecule has 1 aliphatic rings. The highest BCUT2D eigenvalue weighted by Gasteiger charge is 2.35. The molecule has 210 valence electrons. The van der Waals surface area contributed by atoms with Gasteiger partial charge >= 0.3 is 0 Å². The summed E-state index contributed by atoms with van der Waals surface area (Å²) in [5.41, 5.74) is 9.96. The predicted molar refractivity (Wildman–Crippen MR) is 155 cm³/mol. The van der Waals surface area contributed by atoms with E-state index in [4.69, 9.17) is 22.1 Å². The Labute approximate surface area is 231 Å². The number of sulfonamides is 1. The van der Waals surface area contributed by atoms with Crippen LogP contribution < -0.4 is 26.4 Å². The minimum Gasteiger partial charge on any atom is -0.489 e. The highest BCUT2D eigenvalue weighted by atomic mass is 35.5. The molecule has 2 aromatic rings. The minimum absolute atomic E-state index is 0.0694. The Bertz CT molecular complexity index is 1260. The van der Waals surface area contributed by atoms with E-state index in [0.717, 1.165) is 23.2 Å². The maximum absolute atomic E-state index is 11.8. The monoisotopic (exact) mass is 565 g/mol. The third-order valence-electron chi connectivity index (χ3n) is 6.17. The molecule has 1 aromatic heterocycles. The molecule has 10 nitrogen and oxygen atoms in total. The van der Waals surface area contributed by atoms with Gasteiger partial charge in [0.15, 0.2) is 5.82 Å². The van der Waals surface area contributed by atoms with Crippen LogP contribution in [0.2, 0.25) is 5.02 Å². The lowest BCUT2D eigenvalue weighted by Crippen LogP contribution is -2.48. The quantitative estimate of drug-likeness (QED) is 0.299. The molecule has 0 saturated carbocycles. The average molecular weight is 566 g/mol.